The lowest BCUT2D eigenvalue weighted by atomic mass is 10.2. The number of fused-ring (bicyclic) bond motifs is 1. The molecule has 0 atom stereocenters. The van der Waals surface area contributed by atoms with E-state index in [1.54, 1.807) is 18.6 Å². The molecule has 0 fully saturated rings. The fraction of sp³-hybridized carbons (Fsp3) is 0.0625. The highest BCUT2D eigenvalue weighted by molar-refractivity contribution is 5.94. The van der Waals surface area contributed by atoms with Gasteiger partial charge in [0, 0.05) is 35.8 Å². The predicted molar refractivity (Wildman–Crippen MR) is 83.7 cm³/mol. The van der Waals surface area contributed by atoms with Gasteiger partial charge in [0.15, 0.2) is 0 Å². The molecule has 4 aromatic rings. The summed E-state index contributed by atoms with van der Waals surface area (Å²) >= 11 is 0. The zero-order valence-electron chi connectivity index (χ0n) is 11.9. The minimum atomic E-state index is 0.456. The molecule has 22 heavy (non-hydrogen) atoms. The van der Waals surface area contributed by atoms with Crippen LogP contribution in [0.4, 0.5) is 0 Å². The van der Waals surface area contributed by atoms with Gasteiger partial charge in [-0.1, -0.05) is 23.4 Å². The van der Waals surface area contributed by atoms with Crippen LogP contribution in [-0.2, 0) is 7.05 Å². The van der Waals surface area contributed by atoms with E-state index < -0.39 is 0 Å². The fourth-order valence-corrected chi connectivity index (χ4v) is 2.45. The van der Waals surface area contributed by atoms with Crippen molar-refractivity contribution in [3.63, 3.8) is 0 Å². The molecule has 0 unspecified atom stereocenters. The Kier molecular flexibility index (Phi) is 2.86. The third-order valence-corrected chi connectivity index (χ3v) is 3.50. The van der Waals surface area contributed by atoms with E-state index in [-0.39, 0.29) is 0 Å². The van der Waals surface area contributed by atoms with E-state index in [1.807, 2.05) is 31.5 Å². The molecule has 6 nitrogen and oxygen atoms in total. The fourth-order valence-electron chi connectivity index (χ4n) is 2.45. The van der Waals surface area contributed by atoms with Gasteiger partial charge in [-0.2, -0.15) is 4.98 Å². The molecule has 3 heterocycles. The van der Waals surface area contributed by atoms with Crippen molar-refractivity contribution in [1.29, 1.82) is 0 Å². The molecule has 0 radical (unpaired) electrons. The summed E-state index contributed by atoms with van der Waals surface area (Å²) in [5.41, 5.74) is 2.98. The van der Waals surface area contributed by atoms with Crippen LogP contribution in [0, 0.1) is 0 Å². The average molecular weight is 291 g/mol. The second kappa shape index (κ2) is 5.00. The molecule has 0 aliphatic rings. The van der Waals surface area contributed by atoms with Crippen LogP contribution in [0.25, 0.3) is 34.4 Å². The van der Waals surface area contributed by atoms with Gasteiger partial charge in [-0.3, -0.25) is 0 Å². The Morgan fingerprint density at radius 2 is 2.14 bits per heavy atom. The number of rotatable bonds is 3. The maximum absolute atomic E-state index is 5.28. The smallest absolute Gasteiger partial charge is 0.251 e. The van der Waals surface area contributed by atoms with Gasteiger partial charge in [-0.05, 0) is 12.1 Å². The molecule has 0 aliphatic carbocycles. The summed E-state index contributed by atoms with van der Waals surface area (Å²) in [4.78, 5) is 11.4. The molecule has 0 spiro atoms. The first kappa shape index (κ1) is 12.6. The SMILES string of the molecule is Cn1cc(-c2noc(/C=C/c3cnc[nH]3)n2)c2ccccc21. The minimum Gasteiger partial charge on any atom is -0.350 e. The lowest BCUT2D eigenvalue weighted by Crippen LogP contribution is -1.82. The zero-order chi connectivity index (χ0) is 14.9. The highest BCUT2D eigenvalue weighted by atomic mass is 16.5. The van der Waals surface area contributed by atoms with Crippen molar-refractivity contribution in [3.8, 4) is 11.4 Å². The monoisotopic (exact) mass is 291 g/mol. The Hall–Kier alpha value is -3.15. The normalized spacial score (nSPS) is 11.7. The summed E-state index contributed by atoms with van der Waals surface area (Å²) in [6, 6.07) is 8.14. The molecule has 1 aromatic carbocycles. The van der Waals surface area contributed by atoms with Crippen LogP contribution in [0.2, 0.25) is 0 Å². The molecule has 0 saturated heterocycles. The number of aryl methyl sites for hydroxylation is 1. The molecular weight excluding hydrogens is 278 g/mol. The summed E-state index contributed by atoms with van der Waals surface area (Å²) in [5, 5.41) is 5.18. The number of benzene rings is 1. The van der Waals surface area contributed by atoms with E-state index in [0.717, 1.165) is 22.2 Å². The van der Waals surface area contributed by atoms with Crippen molar-refractivity contribution in [3.05, 3.63) is 54.6 Å². The topological polar surface area (TPSA) is 72.5 Å². The summed E-state index contributed by atoms with van der Waals surface area (Å²) in [7, 11) is 2.00. The third-order valence-electron chi connectivity index (χ3n) is 3.50. The first-order valence-corrected chi connectivity index (χ1v) is 6.86. The minimum absolute atomic E-state index is 0.456. The van der Waals surface area contributed by atoms with Crippen molar-refractivity contribution < 1.29 is 4.52 Å². The number of hydrogen-bond acceptors (Lipinski definition) is 4. The van der Waals surface area contributed by atoms with Crippen LogP contribution in [0.1, 0.15) is 11.6 Å². The first-order chi connectivity index (χ1) is 10.8. The number of hydrogen-bond donors (Lipinski definition) is 1. The Morgan fingerprint density at radius 1 is 1.23 bits per heavy atom. The Morgan fingerprint density at radius 3 is 3.00 bits per heavy atom. The van der Waals surface area contributed by atoms with E-state index in [9.17, 15) is 0 Å². The summed E-state index contributed by atoms with van der Waals surface area (Å²) in [6.07, 6.45) is 8.95. The summed E-state index contributed by atoms with van der Waals surface area (Å²) in [5.74, 6) is 1.04. The number of H-pyrrole nitrogens is 1. The van der Waals surface area contributed by atoms with Crippen molar-refractivity contribution in [2.75, 3.05) is 0 Å². The lowest BCUT2D eigenvalue weighted by molar-refractivity contribution is 0.411. The average Bonchev–Trinajstić information content (AvgIpc) is 3.26. The van der Waals surface area contributed by atoms with Crippen molar-refractivity contribution in [2.45, 2.75) is 0 Å². The van der Waals surface area contributed by atoms with E-state index in [0.29, 0.717) is 11.7 Å². The zero-order valence-corrected chi connectivity index (χ0v) is 11.9. The van der Waals surface area contributed by atoms with Gasteiger partial charge < -0.3 is 14.1 Å². The number of imidazole rings is 1. The molecule has 0 aliphatic heterocycles. The van der Waals surface area contributed by atoms with Crippen molar-refractivity contribution >= 4 is 23.1 Å². The quantitative estimate of drug-likeness (QED) is 0.629. The number of nitrogens with one attached hydrogen (secondary N) is 1. The predicted octanol–water partition coefficient (Wildman–Crippen LogP) is 3.12. The van der Waals surface area contributed by atoms with Gasteiger partial charge in [0.05, 0.1) is 18.2 Å². The third kappa shape index (κ3) is 2.10. The van der Waals surface area contributed by atoms with Gasteiger partial charge in [0.1, 0.15) is 0 Å². The molecule has 0 amide bonds. The summed E-state index contributed by atoms with van der Waals surface area (Å²) in [6.45, 7) is 0. The van der Waals surface area contributed by atoms with E-state index in [4.69, 9.17) is 4.52 Å². The van der Waals surface area contributed by atoms with E-state index in [2.05, 4.69) is 36.8 Å². The Labute approximate surface area is 126 Å². The van der Waals surface area contributed by atoms with Crippen LogP contribution in [-0.4, -0.2) is 24.7 Å². The largest absolute Gasteiger partial charge is 0.350 e. The van der Waals surface area contributed by atoms with Gasteiger partial charge in [-0.25, -0.2) is 4.98 Å². The van der Waals surface area contributed by atoms with Crippen molar-refractivity contribution in [1.82, 2.24) is 24.7 Å². The lowest BCUT2D eigenvalue weighted by Gasteiger charge is -1.93. The first-order valence-electron chi connectivity index (χ1n) is 6.86. The molecule has 0 bridgehead atoms. The highest BCUT2D eigenvalue weighted by Gasteiger charge is 2.13. The number of para-hydroxylation sites is 1. The Balaban J connectivity index is 1.71. The second-order valence-electron chi connectivity index (χ2n) is 4.97. The van der Waals surface area contributed by atoms with Crippen LogP contribution in [0.15, 0.2) is 47.5 Å². The Bertz CT molecular complexity index is 946. The van der Waals surface area contributed by atoms with Gasteiger partial charge in [0.2, 0.25) is 5.82 Å². The van der Waals surface area contributed by atoms with Gasteiger partial charge >= 0.3 is 0 Å². The molecule has 4 rings (SSSR count). The molecule has 108 valence electrons. The van der Waals surface area contributed by atoms with Gasteiger partial charge in [-0.15, -0.1) is 0 Å². The number of aromatic amines is 1. The van der Waals surface area contributed by atoms with E-state index in [1.165, 1.54) is 0 Å². The maximum atomic E-state index is 5.28. The number of aromatic nitrogens is 5. The van der Waals surface area contributed by atoms with Crippen LogP contribution < -0.4 is 0 Å². The van der Waals surface area contributed by atoms with Crippen LogP contribution in [0.3, 0.4) is 0 Å². The van der Waals surface area contributed by atoms with Gasteiger partial charge in [0.25, 0.3) is 5.89 Å². The number of nitrogens with zero attached hydrogens (tertiary/aromatic N) is 4. The second-order valence-corrected chi connectivity index (χ2v) is 4.97. The van der Waals surface area contributed by atoms with Crippen LogP contribution in [0.5, 0.6) is 0 Å². The van der Waals surface area contributed by atoms with Crippen LogP contribution >= 0.6 is 0 Å². The maximum Gasteiger partial charge on any atom is 0.251 e. The molecule has 1 N–H and O–H groups in total. The molecular formula is C16H13N5O. The molecule has 6 heteroatoms. The van der Waals surface area contributed by atoms with E-state index >= 15 is 0 Å². The molecule has 3 aromatic heterocycles. The highest BCUT2D eigenvalue weighted by Crippen LogP contribution is 2.28. The summed E-state index contributed by atoms with van der Waals surface area (Å²) < 4.78 is 7.34. The standard InChI is InChI=1S/C16H13N5O/c1-21-9-13(12-4-2-3-5-14(12)21)16-19-15(22-20-16)7-6-11-8-17-10-18-11/h2-10H,1H3,(H,17,18)/b7-6+. The molecule has 0 saturated carbocycles. The van der Waals surface area contributed by atoms with Crippen molar-refractivity contribution in [2.24, 2.45) is 7.05 Å².